The summed E-state index contributed by atoms with van der Waals surface area (Å²) in [7, 11) is 0. The lowest BCUT2D eigenvalue weighted by molar-refractivity contribution is 0.230. The molecule has 1 atom stereocenters. The zero-order valence-electron chi connectivity index (χ0n) is 13.6. The molecule has 1 unspecified atom stereocenters. The Morgan fingerprint density at radius 2 is 2.14 bits per heavy atom. The van der Waals surface area contributed by atoms with Crippen molar-refractivity contribution in [1.29, 1.82) is 0 Å². The third kappa shape index (κ3) is 5.33. The Bertz CT molecular complexity index is 408. The van der Waals surface area contributed by atoms with Crippen LogP contribution < -0.4 is 10.1 Å². The monoisotopic (exact) mass is 290 g/mol. The predicted octanol–water partition coefficient (Wildman–Crippen LogP) is 3.30. The molecule has 1 aromatic rings. The second kappa shape index (κ2) is 9.06. The Balaban J connectivity index is 1.73. The highest BCUT2D eigenvalue weighted by Gasteiger charge is 2.21. The van der Waals surface area contributed by atoms with E-state index in [2.05, 4.69) is 48.3 Å². The van der Waals surface area contributed by atoms with E-state index < -0.39 is 0 Å². The number of benzene rings is 1. The molecule has 0 spiro atoms. The first-order valence-corrected chi connectivity index (χ1v) is 8.47. The summed E-state index contributed by atoms with van der Waals surface area (Å²) in [6.45, 7) is 10.6. The van der Waals surface area contributed by atoms with E-state index in [1.165, 1.54) is 37.9 Å². The van der Waals surface area contributed by atoms with Gasteiger partial charge in [-0.3, -0.25) is 4.90 Å². The Morgan fingerprint density at radius 3 is 2.95 bits per heavy atom. The highest BCUT2D eigenvalue weighted by atomic mass is 16.5. The molecule has 1 aromatic carbocycles. The second-order valence-electron chi connectivity index (χ2n) is 5.98. The van der Waals surface area contributed by atoms with E-state index in [1.807, 2.05) is 0 Å². The lowest BCUT2D eigenvalue weighted by Gasteiger charge is -2.17. The van der Waals surface area contributed by atoms with Gasteiger partial charge in [0.25, 0.3) is 0 Å². The quantitative estimate of drug-likeness (QED) is 0.755. The van der Waals surface area contributed by atoms with Crippen molar-refractivity contribution in [2.75, 3.05) is 32.8 Å². The first kappa shape index (κ1) is 16.3. The predicted molar refractivity (Wildman–Crippen MR) is 88.8 cm³/mol. The summed E-state index contributed by atoms with van der Waals surface area (Å²) >= 11 is 0. The van der Waals surface area contributed by atoms with Crippen LogP contribution in [0.3, 0.4) is 0 Å². The van der Waals surface area contributed by atoms with Crippen molar-refractivity contribution in [1.82, 2.24) is 10.2 Å². The molecule has 21 heavy (non-hydrogen) atoms. The molecule has 0 bridgehead atoms. The summed E-state index contributed by atoms with van der Waals surface area (Å²) < 4.78 is 6.01. The topological polar surface area (TPSA) is 24.5 Å². The first-order valence-electron chi connectivity index (χ1n) is 8.47. The van der Waals surface area contributed by atoms with Crippen LogP contribution in [0, 0.1) is 5.92 Å². The Hall–Kier alpha value is -1.06. The number of hydrogen-bond acceptors (Lipinski definition) is 3. The van der Waals surface area contributed by atoms with Crippen LogP contribution in [0.25, 0.3) is 0 Å². The van der Waals surface area contributed by atoms with Crippen molar-refractivity contribution in [3.8, 4) is 5.75 Å². The van der Waals surface area contributed by atoms with Gasteiger partial charge < -0.3 is 10.1 Å². The van der Waals surface area contributed by atoms with E-state index in [4.69, 9.17) is 4.74 Å². The summed E-state index contributed by atoms with van der Waals surface area (Å²) in [5.74, 6) is 1.94. The van der Waals surface area contributed by atoms with Crippen LogP contribution in [0.4, 0.5) is 0 Å². The Morgan fingerprint density at radius 1 is 1.29 bits per heavy atom. The highest BCUT2D eigenvalue weighted by molar-refractivity contribution is 5.33. The maximum atomic E-state index is 6.01. The molecule has 0 amide bonds. The number of hydrogen-bond donors (Lipinski definition) is 1. The molecule has 0 aromatic heterocycles. The van der Waals surface area contributed by atoms with Gasteiger partial charge in [0.05, 0.1) is 0 Å². The summed E-state index contributed by atoms with van der Waals surface area (Å²) in [4.78, 5) is 2.55. The van der Waals surface area contributed by atoms with Crippen molar-refractivity contribution in [3.63, 3.8) is 0 Å². The number of nitrogens with zero attached hydrogens (tertiary/aromatic N) is 1. The molecule has 3 nitrogen and oxygen atoms in total. The average molecular weight is 290 g/mol. The zero-order valence-corrected chi connectivity index (χ0v) is 13.6. The number of likely N-dealkylation sites (tertiary alicyclic amines) is 1. The van der Waals surface area contributed by atoms with E-state index in [9.17, 15) is 0 Å². The van der Waals surface area contributed by atoms with Crippen LogP contribution in [-0.2, 0) is 6.54 Å². The zero-order chi connectivity index (χ0) is 14.9. The van der Waals surface area contributed by atoms with Crippen LogP contribution >= 0.6 is 0 Å². The molecule has 1 heterocycles. The minimum atomic E-state index is 0.794. The maximum Gasteiger partial charge on any atom is 0.123 e. The standard InChI is InChI=1S/C18H30N2O/c1-3-7-16-10-11-20(15-16)12-13-21-18-9-6-5-8-17(18)14-19-4-2/h5-6,8-9,16,19H,3-4,7,10-15H2,1-2H3. The van der Waals surface area contributed by atoms with E-state index in [0.717, 1.165) is 37.9 Å². The second-order valence-corrected chi connectivity index (χ2v) is 5.98. The van der Waals surface area contributed by atoms with Gasteiger partial charge in [-0.2, -0.15) is 0 Å². The average Bonchev–Trinajstić information content (AvgIpc) is 2.94. The smallest absolute Gasteiger partial charge is 0.123 e. The SMILES string of the molecule is CCCC1CCN(CCOc2ccccc2CNCC)C1. The molecule has 3 heteroatoms. The van der Waals surface area contributed by atoms with Crippen molar-refractivity contribution < 1.29 is 4.74 Å². The number of ether oxygens (including phenoxy) is 1. The van der Waals surface area contributed by atoms with Crippen molar-refractivity contribution in [2.24, 2.45) is 5.92 Å². The lowest BCUT2D eigenvalue weighted by Crippen LogP contribution is -2.26. The Kier molecular flexibility index (Phi) is 7.04. The third-order valence-corrected chi connectivity index (χ3v) is 4.27. The largest absolute Gasteiger partial charge is 0.492 e. The molecule has 1 saturated heterocycles. The molecular weight excluding hydrogens is 260 g/mol. The van der Waals surface area contributed by atoms with Gasteiger partial charge in [-0.15, -0.1) is 0 Å². The molecule has 118 valence electrons. The minimum absolute atomic E-state index is 0.794. The maximum absolute atomic E-state index is 6.01. The number of rotatable bonds is 9. The van der Waals surface area contributed by atoms with Crippen molar-refractivity contribution >= 4 is 0 Å². The molecular formula is C18H30N2O. The number of para-hydroxylation sites is 1. The first-order chi connectivity index (χ1) is 10.3. The van der Waals surface area contributed by atoms with Gasteiger partial charge >= 0.3 is 0 Å². The fraction of sp³-hybridized carbons (Fsp3) is 0.667. The van der Waals surface area contributed by atoms with Gasteiger partial charge in [0, 0.05) is 25.2 Å². The number of nitrogens with one attached hydrogen (secondary N) is 1. The van der Waals surface area contributed by atoms with Crippen molar-refractivity contribution in [3.05, 3.63) is 29.8 Å². The minimum Gasteiger partial charge on any atom is -0.492 e. The van der Waals surface area contributed by atoms with Crippen LogP contribution in [0.5, 0.6) is 5.75 Å². The summed E-state index contributed by atoms with van der Waals surface area (Å²) in [5, 5.41) is 3.37. The molecule has 0 aliphatic carbocycles. The Labute approximate surface area is 129 Å². The van der Waals surface area contributed by atoms with Crippen LogP contribution in [0.1, 0.15) is 38.7 Å². The fourth-order valence-electron chi connectivity index (χ4n) is 3.09. The van der Waals surface area contributed by atoms with E-state index in [-0.39, 0.29) is 0 Å². The van der Waals surface area contributed by atoms with E-state index >= 15 is 0 Å². The third-order valence-electron chi connectivity index (χ3n) is 4.27. The molecule has 1 aliphatic rings. The molecule has 0 saturated carbocycles. The van der Waals surface area contributed by atoms with Crippen LogP contribution in [0.2, 0.25) is 0 Å². The molecule has 1 N–H and O–H groups in total. The van der Waals surface area contributed by atoms with Crippen LogP contribution in [-0.4, -0.2) is 37.7 Å². The van der Waals surface area contributed by atoms with Gasteiger partial charge in [0.1, 0.15) is 12.4 Å². The molecule has 1 fully saturated rings. The fourth-order valence-corrected chi connectivity index (χ4v) is 3.09. The normalized spacial score (nSPS) is 19.0. The van der Waals surface area contributed by atoms with Gasteiger partial charge in [-0.1, -0.05) is 38.5 Å². The summed E-state index contributed by atoms with van der Waals surface area (Å²) in [6.07, 6.45) is 4.06. The molecule has 1 aliphatic heterocycles. The van der Waals surface area contributed by atoms with Gasteiger partial charge in [0.15, 0.2) is 0 Å². The van der Waals surface area contributed by atoms with Gasteiger partial charge in [0.2, 0.25) is 0 Å². The summed E-state index contributed by atoms with van der Waals surface area (Å²) in [6, 6.07) is 8.36. The van der Waals surface area contributed by atoms with Gasteiger partial charge in [-0.05, 0) is 37.9 Å². The van der Waals surface area contributed by atoms with Crippen LogP contribution in [0.15, 0.2) is 24.3 Å². The van der Waals surface area contributed by atoms with E-state index in [1.54, 1.807) is 0 Å². The van der Waals surface area contributed by atoms with Crippen molar-refractivity contribution in [2.45, 2.75) is 39.7 Å². The molecule has 2 rings (SSSR count). The van der Waals surface area contributed by atoms with E-state index in [0.29, 0.717) is 0 Å². The summed E-state index contributed by atoms with van der Waals surface area (Å²) in [5.41, 5.74) is 1.25. The highest BCUT2D eigenvalue weighted by Crippen LogP contribution is 2.21. The molecule has 0 radical (unpaired) electrons. The van der Waals surface area contributed by atoms with Gasteiger partial charge in [-0.25, -0.2) is 0 Å². The lowest BCUT2D eigenvalue weighted by atomic mass is 10.0.